The number of thiazole rings is 1. The fourth-order valence-electron chi connectivity index (χ4n) is 2.13. The Morgan fingerprint density at radius 3 is 2.17 bits per heavy atom. The van der Waals surface area contributed by atoms with Crippen LogP contribution in [0.15, 0.2) is 64.9 Å². The minimum atomic E-state index is -3.40. The lowest BCUT2D eigenvalue weighted by atomic mass is 10.2. The lowest BCUT2D eigenvalue weighted by molar-refractivity contribution is 0.521. The van der Waals surface area contributed by atoms with Crippen molar-refractivity contribution in [2.75, 3.05) is 14.1 Å². The smallest absolute Gasteiger partial charge is 0.236 e. The Labute approximate surface area is 140 Å². The molecule has 0 unspecified atom stereocenters. The summed E-state index contributed by atoms with van der Waals surface area (Å²) in [5, 5.41) is 2.93. The fraction of sp³-hybridized carbons (Fsp3) is 0.118. The molecular formula is C17H16N2O2S2. The summed E-state index contributed by atoms with van der Waals surface area (Å²) >= 11 is 1.57. The highest BCUT2D eigenvalue weighted by Crippen LogP contribution is 2.29. The SMILES string of the molecule is CN(C)S(=O)(=O)c1ccc(-c2csc(-c3ccccc3)n2)cc1. The van der Waals surface area contributed by atoms with Crippen LogP contribution in [0.4, 0.5) is 0 Å². The second kappa shape index (κ2) is 6.23. The topological polar surface area (TPSA) is 50.3 Å². The number of hydrogen-bond acceptors (Lipinski definition) is 4. The summed E-state index contributed by atoms with van der Waals surface area (Å²) in [5.74, 6) is 0. The number of aromatic nitrogens is 1. The average molecular weight is 344 g/mol. The third-order valence-electron chi connectivity index (χ3n) is 3.45. The van der Waals surface area contributed by atoms with Gasteiger partial charge in [0.1, 0.15) is 5.01 Å². The Hall–Kier alpha value is -2.02. The molecule has 0 bridgehead atoms. The molecule has 0 saturated heterocycles. The molecule has 6 heteroatoms. The number of hydrogen-bond donors (Lipinski definition) is 0. The van der Waals surface area contributed by atoms with Crippen molar-refractivity contribution in [3.63, 3.8) is 0 Å². The van der Waals surface area contributed by atoms with Crippen molar-refractivity contribution >= 4 is 21.4 Å². The van der Waals surface area contributed by atoms with Gasteiger partial charge in [0.15, 0.2) is 0 Å². The van der Waals surface area contributed by atoms with Gasteiger partial charge in [-0.05, 0) is 12.1 Å². The Bertz CT molecular complexity index is 899. The molecule has 0 spiro atoms. The van der Waals surface area contributed by atoms with E-state index in [0.717, 1.165) is 21.8 Å². The van der Waals surface area contributed by atoms with Gasteiger partial charge in [-0.15, -0.1) is 11.3 Å². The predicted octanol–water partition coefficient (Wildman–Crippen LogP) is 3.73. The average Bonchev–Trinajstić information content (AvgIpc) is 3.05. The fourth-order valence-corrected chi connectivity index (χ4v) is 3.87. The maximum Gasteiger partial charge on any atom is 0.242 e. The van der Waals surface area contributed by atoms with Crippen molar-refractivity contribution in [1.82, 2.24) is 9.29 Å². The Morgan fingerprint density at radius 2 is 1.57 bits per heavy atom. The van der Waals surface area contributed by atoms with E-state index < -0.39 is 10.0 Å². The molecule has 3 aromatic rings. The van der Waals surface area contributed by atoms with Gasteiger partial charge in [0, 0.05) is 30.6 Å². The Kier molecular flexibility index (Phi) is 4.30. The molecule has 0 saturated carbocycles. The van der Waals surface area contributed by atoms with Crippen LogP contribution < -0.4 is 0 Å². The molecule has 118 valence electrons. The van der Waals surface area contributed by atoms with Crippen LogP contribution >= 0.6 is 11.3 Å². The molecule has 4 nitrogen and oxygen atoms in total. The zero-order valence-corrected chi connectivity index (χ0v) is 14.4. The molecule has 3 rings (SSSR count). The molecule has 1 aromatic heterocycles. The monoisotopic (exact) mass is 344 g/mol. The van der Waals surface area contributed by atoms with E-state index in [2.05, 4.69) is 4.98 Å². The zero-order valence-electron chi connectivity index (χ0n) is 12.8. The lowest BCUT2D eigenvalue weighted by Gasteiger charge is -2.11. The first-order valence-electron chi connectivity index (χ1n) is 7.02. The summed E-state index contributed by atoms with van der Waals surface area (Å²) in [7, 11) is -0.351. The molecule has 0 aliphatic carbocycles. The summed E-state index contributed by atoms with van der Waals surface area (Å²) in [5.41, 5.74) is 2.83. The molecule has 23 heavy (non-hydrogen) atoms. The van der Waals surface area contributed by atoms with E-state index >= 15 is 0 Å². The van der Waals surface area contributed by atoms with E-state index in [1.165, 1.54) is 18.4 Å². The van der Waals surface area contributed by atoms with Gasteiger partial charge in [-0.2, -0.15) is 0 Å². The van der Waals surface area contributed by atoms with E-state index in [-0.39, 0.29) is 4.90 Å². The molecular weight excluding hydrogens is 328 g/mol. The highest BCUT2D eigenvalue weighted by Gasteiger charge is 2.17. The highest BCUT2D eigenvalue weighted by molar-refractivity contribution is 7.89. The number of rotatable bonds is 4. The van der Waals surface area contributed by atoms with Crippen molar-refractivity contribution in [2.45, 2.75) is 4.90 Å². The van der Waals surface area contributed by atoms with Crippen LogP contribution in [0, 0.1) is 0 Å². The first kappa shape index (κ1) is 15.9. The van der Waals surface area contributed by atoms with Crippen LogP contribution in [-0.4, -0.2) is 31.8 Å². The van der Waals surface area contributed by atoms with Crippen LogP contribution in [-0.2, 0) is 10.0 Å². The second-order valence-corrected chi connectivity index (χ2v) is 8.23. The van der Waals surface area contributed by atoms with Crippen molar-refractivity contribution in [3.8, 4) is 21.8 Å². The van der Waals surface area contributed by atoms with E-state index in [9.17, 15) is 8.42 Å². The predicted molar refractivity (Wildman–Crippen MR) is 93.9 cm³/mol. The van der Waals surface area contributed by atoms with E-state index in [4.69, 9.17) is 0 Å². The van der Waals surface area contributed by atoms with Crippen molar-refractivity contribution in [1.29, 1.82) is 0 Å². The summed E-state index contributed by atoms with van der Waals surface area (Å²) < 4.78 is 25.4. The molecule has 2 aromatic carbocycles. The molecule has 0 fully saturated rings. The van der Waals surface area contributed by atoms with Gasteiger partial charge in [-0.3, -0.25) is 0 Å². The Balaban J connectivity index is 1.91. The van der Waals surface area contributed by atoms with Gasteiger partial charge in [0.2, 0.25) is 10.0 Å². The van der Waals surface area contributed by atoms with Crippen molar-refractivity contribution in [3.05, 3.63) is 60.0 Å². The maximum atomic E-state index is 12.1. The minimum absolute atomic E-state index is 0.282. The van der Waals surface area contributed by atoms with Gasteiger partial charge in [0.25, 0.3) is 0 Å². The van der Waals surface area contributed by atoms with Crippen molar-refractivity contribution in [2.24, 2.45) is 0 Å². The quantitative estimate of drug-likeness (QED) is 0.725. The second-order valence-electron chi connectivity index (χ2n) is 5.22. The number of nitrogens with zero attached hydrogens (tertiary/aromatic N) is 2. The summed E-state index contributed by atoms with van der Waals surface area (Å²) in [6.45, 7) is 0. The molecule has 0 N–H and O–H groups in total. The molecule has 1 heterocycles. The number of sulfonamides is 1. The standard InChI is InChI=1S/C17H16N2O2S2/c1-19(2)23(20,21)15-10-8-13(9-11-15)16-12-22-17(18-16)14-6-4-3-5-7-14/h3-12H,1-2H3. The summed E-state index contributed by atoms with van der Waals surface area (Å²) in [4.78, 5) is 4.92. The minimum Gasteiger partial charge on any atom is -0.236 e. The van der Waals surface area contributed by atoms with Crippen LogP contribution in [0.25, 0.3) is 21.8 Å². The van der Waals surface area contributed by atoms with Crippen LogP contribution in [0.1, 0.15) is 0 Å². The van der Waals surface area contributed by atoms with E-state index in [1.54, 1.807) is 35.6 Å². The molecule has 0 aliphatic heterocycles. The first-order valence-corrected chi connectivity index (χ1v) is 9.34. The zero-order chi connectivity index (χ0) is 16.4. The summed E-state index contributed by atoms with van der Waals surface area (Å²) in [6, 6.07) is 16.8. The van der Waals surface area contributed by atoms with Gasteiger partial charge >= 0.3 is 0 Å². The van der Waals surface area contributed by atoms with Gasteiger partial charge in [-0.25, -0.2) is 17.7 Å². The number of benzene rings is 2. The molecule has 0 atom stereocenters. The third kappa shape index (κ3) is 3.19. The molecule has 0 amide bonds. The Morgan fingerprint density at radius 1 is 0.913 bits per heavy atom. The van der Waals surface area contributed by atoms with Crippen LogP contribution in [0.3, 0.4) is 0 Å². The molecule has 0 radical (unpaired) electrons. The van der Waals surface area contributed by atoms with Crippen LogP contribution in [0.5, 0.6) is 0 Å². The van der Waals surface area contributed by atoms with E-state index in [1.807, 2.05) is 35.7 Å². The summed E-state index contributed by atoms with van der Waals surface area (Å²) in [6.07, 6.45) is 0. The van der Waals surface area contributed by atoms with Gasteiger partial charge in [0.05, 0.1) is 10.6 Å². The van der Waals surface area contributed by atoms with Gasteiger partial charge in [-0.1, -0.05) is 42.5 Å². The normalized spacial score (nSPS) is 11.8. The van der Waals surface area contributed by atoms with Gasteiger partial charge < -0.3 is 0 Å². The highest BCUT2D eigenvalue weighted by atomic mass is 32.2. The molecule has 0 aliphatic rings. The first-order chi connectivity index (χ1) is 11.0. The van der Waals surface area contributed by atoms with Crippen molar-refractivity contribution < 1.29 is 8.42 Å². The van der Waals surface area contributed by atoms with E-state index in [0.29, 0.717) is 0 Å². The largest absolute Gasteiger partial charge is 0.242 e. The maximum absolute atomic E-state index is 12.1. The lowest BCUT2D eigenvalue weighted by Crippen LogP contribution is -2.22. The van der Waals surface area contributed by atoms with Crippen LogP contribution in [0.2, 0.25) is 0 Å². The third-order valence-corrected chi connectivity index (χ3v) is 6.17.